The first-order chi connectivity index (χ1) is 12.0. The second-order valence-electron chi connectivity index (χ2n) is 5.71. The summed E-state index contributed by atoms with van der Waals surface area (Å²) in [6, 6.07) is 19.8. The molecule has 128 valence electrons. The van der Waals surface area contributed by atoms with Crippen LogP contribution in [0.1, 0.15) is 5.56 Å². The van der Waals surface area contributed by atoms with Crippen LogP contribution in [0.25, 0.3) is 10.8 Å². The Kier molecular flexibility index (Phi) is 4.83. The van der Waals surface area contributed by atoms with Crippen LogP contribution >= 0.6 is 0 Å². The normalized spacial score (nSPS) is 12.8. The summed E-state index contributed by atoms with van der Waals surface area (Å²) in [5.74, 6) is -1.22. The summed E-state index contributed by atoms with van der Waals surface area (Å²) in [5.41, 5.74) is 0.752. The van der Waals surface area contributed by atoms with Gasteiger partial charge in [0.25, 0.3) is 0 Å². The van der Waals surface area contributed by atoms with Gasteiger partial charge in [-0.3, -0.25) is 4.79 Å². The van der Waals surface area contributed by atoms with E-state index in [9.17, 15) is 18.3 Å². The Labute approximate surface area is 146 Å². The third kappa shape index (κ3) is 4.04. The van der Waals surface area contributed by atoms with Gasteiger partial charge in [0, 0.05) is 0 Å². The molecule has 0 radical (unpaired) electrons. The molecule has 3 aromatic rings. The molecule has 3 aromatic carbocycles. The number of nitrogens with one attached hydrogen (secondary N) is 1. The Morgan fingerprint density at radius 3 is 2.24 bits per heavy atom. The lowest BCUT2D eigenvalue weighted by molar-refractivity contribution is -0.138. The van der Waals surface area contributed by atoms with Gasteiger partial charge in [0.2, 0.25) is 10.0 Å². The van der Waals surface area contributed by atoms with E-state index in [1.54, 1.807) is 18.2 Å². The number of aliphatic carboxylic acids is 1. The molecular formula is C19H17NO4S. The largest absolute Gasteiger partial charge is 0.480 e. The average molecular weight is 355 g/mol. The number of hydrogen-bond donors (Lipinski definition) is 2. The molecule has 2 N–H and O–H groups in total. The van der Waals surface area contributed by atoms with Crippen LogP contribution in [0.2, 0.25) is 0 Å². The Balaban J connectivity index is 1.85. The van der Waals surface area contributed by atoms with Crippen molar-refractivity contribution in [2.75, 3.05) is 0 Å². The summed E-state index contributed by atoms with van der Waals surface area (Å²) >= 11 is 0. The third-order valence-electron chi connectivity index (χ3n) is 3.90. The zero-order valence-electron chi connectivity index (χ0n) is 13.3. The number of rotatable bonds is 6. The highest BCUT2D eigenvalue weighted by atomic mass is 32.2. The van der Waals surface area contributed by atoms with Crippen LogP contribution in [0.4, 0.5) is 0 Å². The molecule has 0 aliphatic rings. The molecule has 0 aliphatic carbocycles. The van der Waals surface area contributed by atoms with Crippen LogP contribution in [0.5, 0.6) is 0 Å². The van der Waals surface area contributed by atoms with Crippen LogP contribution in [0, 0.1) is 0 Å². The first-order valence-electron chi connectivity index (χ1n) is 7.73. The average Bonchev–Trinajstić information content (AvgIpc) is 2.61. The summed E-state index contributed by atoms with van der Waals surface area (Å²) in [6.45, 7) is 0. The smallest absolute Gasteiger partial charge is 0.322 e. The number of benzene rings is 3. The summed E-state index contributed by atoms with van der Waals surface area (Å²) in [7, 11) is -3.90. The maximum Gasteiger partial charge on any atom is 0.322 e. The van der Waals surface area contributed by atoms with Gasteiger partial charge >= 0.3 is 5.97 Å². The van der Waals surface area contributed by atoms with Gasteiger partial charge in [-0.05, 0) is 34.9 Å². The van der Waals surface area contributed by atoms with Gasteiger partial charge in [0.15, 0.2) is 0 Å². The van der Waals surface area contributed by atoms with E-state index in [0.717, 1.165) is 16.3 Å². The molecule has 0 saturated heterocycles. The van der Waals surface area contributed by atoms with Crippen molar-refractivity contribution in [3.8, 4) is 0 Å². The molecule has 3 rings (SSSR count). The zero-order chi connectivity index (χ0) is 17.9. The first-order valence-corrected chi connectivity index (χ1v) is 9.22. The van der Waals surface area contributed by atoms with Gasteiger partial charge in [0.1, 0.15) is 6.04 Å². The Bertz CT molecular complexity index is 1000. The number of carboxylic acids is 1. The summed E-state index contributed by atoms with van der Waals surface area (Å²) < 4.78 is 27.0. The highest BCUT2D eigenvalue weighted by Gasteiger charge is 2.25. The van der Waals surface area contributed by atoms with Gasteiger partial charge in [-0.25, -0.2) is 8.42 Å². The van der Waals surface area contributed by atoms with Crippen molar-refractivity contribution in [2.45, 2.75) is 17.4 Å². The first kappa shape index (κ1) is 17.1. The lowest BCUT2D eigenvalue weighted by Gasteiger charge is -2.15. The van der Waals surface area contributed by atoms with E-state index in [1.807, 2.05) is 42.5 Å². The van der Waals surface area contributed by atoms with Crippen LogP contribution in [0.3, 0.4) is 0 Å². The van der Waals surface area contributed by atoms with Crippen LogP contribution < -0.4 is 4.72 Å². The van der Waals surface area contributed by atoms with Crippen LogP contribution in [-0.4, -0.2) is 25.5 Å². The fourth-order valence-electron chi connectivity index (χ4n) is 2.64. The molecule has 1 unspecified atom stereocenters. The van der Waals surface area contributed by atoms with E-state index < -0.39 is 22.0 Å². The van der Waals surface area contributed by atoms with Gasteiger partial charge < -0.3 is 5.11 Å². The van der Waals surface area contributed by atoms with E-state index in [0.29, 0.717) is 0 Å². The molecule has 0 aromatic heterocycles. The maximum atomic E-state index is 12.4. The fourth-order valence-corrected chi connectivity index (χ4v) is 3.85. The minimum absolute atomic E-state index is 0.0414. The molecule has 0 heterocycles. The molecule has 0 bridgehead atoms. The SMILES string of the molecule is O=C(O)C(Cc1ccc2ccccc2c1)NS(=O)(=O)c1ccccc1. The van der Waals surface area contributed by atoms with Gasteiger partial charge in [-0.1, -0.05) is 60.7 Å². The van der Waals surface area contributed by atoms with E-state index in [-0.39, 0.29) is 11.3 Å². The predicted molar refractivity (Wildman–Crippen MR) is 95.8 cm³/mol. The van der Waals surface area contributed by atoms with E-state index >= 15 is 0 Å². The van der Waals surface area contributed by atoms with Crippen molar-refractivity contribution in [2.24, 2.45) is 0 Å². The molecule has 5 nitrogen and oxygen atoms in total. The van der Waals surface area contributed by atoms with Crippen molar-refractivity contribution in [1.29, 1.82) is 0 Å². The monoisotopic (exact) mass is 355 g/mol. The maximum absolute atomic E-state index is 12.4. The molecule has 6 heteroatoms. The zero-order valence-corrected chi connectivity index (χ0v) is 14.1. The number of carboxylic acid groups (broad SMARTS) is 1. The second-order valence-corrected chi connectivity index (χ2v) is 7.42. The minimum atomic E-state index is -3.90. The third-order valence-corrected chi connectivity index (χ3v) is 5.39. The molecule has 1 atom stereocenters. The molecule has 25 heavy (non-hydrogen) atoms. The predicted octanol–water partition coefficient (Wildman–Crippen LogP) is 2.81. The molecular weight excluding hydrogens is 338 g/mol. The number of carbonyl (C=O) groups is 1. The number of hydrogen-bond acceptors (Lipinski definition) is 3. The second kappa shape index (κ2) is 7.04. The standard InChI is InChI=1S/C19H17NO4S/c21-19(22)18(20-25(23,24)17-8-2-1-3-9-17)13-14-10-11-15-6-4-5-7-16(15)12-14/h1-12,18,20H,13H2,(H,21,22). The van der Waals surface area contributed by atoms with Crippen molar-refractivity contribution in [3.05, 3.63) is 78.4 Å². The van der Waals surface area contributed by atoms with Gasteiger partial charge in [-0.2, -0.15) is 4.72 Å². The van der Waals surface area contributed by atoms with Crippen molar-refractivity contribution >= 4 is 26.8 Å². The van der Waals surface area contributed by atoms with Crippen molar-refractivity contribution in [3.63, 3.8) is 0 Å². The lowest BCUT2D eigenvalue weighted by atomic mass is 10.0. The Morgan fingerprint density at radius 2 is 1.56 bits per heavy atom. The highest BCUT2D eigenvalue weighted by molar-refractivity contribution is 7.89. The fraction of sp³-hybridized carbons (Fsp3) is 0.105. The van der Waals surface area contributed by atoms with E-state index in [2.05, 4.69) is 4.72 Å². The van der Waals surface area contributed by atoms with Crippen LogP contribution in [-0.2, 0) is 21.2 Å². The minimum Gasteiger partial charge on any atom is -0.480 e. The molecule has 0 fully saturated rings. The van der Waals surface area contributed by atoms with Gasteiger partial charge in [0.05, 0.1) is 4.90 Å². The Hall–Kier alpha value is -2.70. The van der Waals surface area contributed by atoms with Crippen molar-refractivity contribution in [1.82, 2.24) is 4.72 Å². The summed E-state index contributed by atoms with van der Waals surface area (Å²) in [5, 5.41) is 11.5. The van der Waals surface area contributed by atoms with Crippen molar-refractivity contribution < 1.29 is 18.3 Å². The highest BCUT2D eigenvalue weighted by Crippen LogP contribution is 2.17. The number of sulfonamides is 1. The number of fused-ring (bicyclic) bond motifs is 1. The van der Waals surface area contributed by atoms with Gasteiger partial charge in [-0.15, -0.1) is 0 Å². The van der Waals surface area contributed by atoms with E-state index in [1.165, 1.54) is 12.1 Å². The molecule has 0 saturated carbocycles. The Morgan fingerprint density at radius 1 is 0.920 bits per heavy atom. The molecule has 0 spiro atoms. The summed E-state index contributed by atoms with van der Waals surface area (Å²) in [4.78, 5) is 11.6. The lowest BCUT2D eigenvalue weighted by Crippen LogP contribution is -2.42. The molecule has 0 amide bonds. The van der Waals surface area contributed by atoms with Crippen LogP contribution in [0.15, 0.2) is 77.7 Å². The van der Waals surface area contributed by atoms with E-state index in [4.69, 9.17) is 0 Å². The summed E-state index contributed by atoms with van der Waals surface area (Å²) in [6.07, 6.45) is 0.0617. The topological polar surface area (TPSA) is 83.5 Å². The quantitative estimate of drug-likeness (QED) is 0.712. The molecule has 0 aliphatic heterocycles.